The molecule has 1 aliphatic heterocycles. The molecular formula is C17H21N5O4S. The van der Waals surface area contributed by atoms with E-state index in [4.69, 9.17) is 4.74 Å². The van der Waals surface area contributed by atoms with Crippen LogP contribution in [0.4, 0.5) is 16.2 Å². The Kier molecular flexibility index (Phi) is 5.89. The highest BCUT2D eigenvalue weighted by Crippen LogP contribution is 2.24. The Morgan fingerprint density at radius 2 is 2.00 bits per heavy atom. The van der Waals surface area contributed by atoms with Gasteiger partial charge >= 0.3 is 6.03 Å². The average Bonchev–Trinajstić information content (AvgIpc) is 2.62. The molecule has 1 aromatic heterocycles. The maximum Gasteiger partial charge on any atom is 0.343 e. The molecule has 0 spiro atoms. The van der Waals surface area contributed by atoms with E-state index in [1.54, 1.807) is 5.01 Å². The predicted molar refractivity (Wildman–Crippen MR) is 99.9 cm³/mol. The molecule has 1 aromatic carbocycles. The van der Waals surface area contributed by atoms with Crippen LogP contribution in [0.15, 0.2) is 47.6 Å². The van der Waals surface area contributed by atoms with Crippen molar-refractivity contribution in [3.63, 3.8) is 0 Å². The molecule has 0 unspecified atom stereocenters. The first-order valence-electron chi connectivity index (χ1n) is 8.38. The molecule has 3 N–H and O–H groups in total. The summed E-state index contributed by atoms with van der Waals surface area (Å²) in [6.07, 6.45) is 2.67. The van der Waals surface area contributed by atoms with Gasteiger partial charge in [-0.15, -0.1) is 0 Å². The zero-order chi connectivity index (χ0) is 19.3. The number of carbonyl (C=O) groups excluding carboxylic acids is 1. The first-order chi connectivity index (χ1) is 12.9. The summed E-state index contributed by atoms with van der Waals surface area (Å²) in [6, 6.07) is 8.21. The molecule has 10 heteroatoms. The van der Waals surface area contributed by atoms with Crippen molar-refractivity contribution in [2.24, 2.45) is 0 Å². The largest absolute Gasteiger partial charge is 0.379 e. The molecule has 3 rings (SSSR count). The number of hydrogen-bond acceptors (Lipinski definition) is 7. The van der Waals surface area contributed by atoms with Crippen LogP contribution in [0, 0.1) is 6.92 Å². The topological polar surface area (TPSA) is 113 Å². The number of nitrogens with one attached hydrogen (secondary N) is 3. The van der Waals surface area contributed by atoms with Crippen LogP contribution in [0.2, 0.25) is 0 Å². The van der Waals surface area contributed by atoms with E-state index in [0.29, 0.717) is 32.0 Å². The van der Waals surface area contributed by atoms with Crippen LogP contribution in [0.1, 0.15) is 5.56 Å². The number of ether oxygens (including phenoxy) is 1. The zero-order valence-electron chi connectivity index (χ0n) is 14.8. The lowest BCUT2D eigenvalue weighted by atomic mass is 10.2. The second-order valence-electron chi connectivity index (χ2n) is 6.01. The van der Waals surface area contributed by atoms with Crippen LogP contribution in [-0.2, 0) is 14.8 Å². The van der Waals surface area contributed by atoms with Gasteiger partial charge in [0.25, 0.3) is 10.0 Å². The summed E-state index contributed by atoms with van der Waals surface area (Å²) < 4.78 is 32.5. The quantitative estimate of drug-likeness (QED) is 0.705. The van der Waals surface area contributed by atoms with E-state index in [0.717, 1.165) is 11.3 Å². The van der Waals surface area contributed by atoms with Crippen molar-refractivity contribution in [3.05, 3.63) is 48.3 Å². The zero-order valence-corrected chi connectivity index (χ0v) is 15.6. The summed E-state index contributed by atoms with van der Waals surface area (Å²) in [7, 11) is -4.12. The van der Waals surface area contributed by atoms with Gasteiger partial charge in [0, 0.05) is 31.2 Å². The molecule has 0 saturated carbocycles. The van der Waals surface area contributed by atoms with Gasteiger partial charge in [0.15, 0.2) is 0 Å². The Morgan fingerprint density at radius 3 is 2.74 bits per heavy atom. The van der Waals surface area contributed by atoms with Crippen molar-refractivity contribution in [2.45, 2.75) is 11.8 Å². The Morgan fingerprint density at radius 1 is 1.22 bits per heavy atom. The average molecular weight is 391 g/mol. The molecule has 2 heterocycles. The molecule has 1 fully saturated rings. The fraction of sp³-hybridized carbons (Fsp3) is 0.294. The molecule has 27 heavy (non-hydrogen) atoms. The summed E-state index contributed by atoms with van der Waals surface area (Å²) in [5.74, 6) is 0. The maximum absolute atomic E-state index is 12.7. The number of hydrazine groups is 1. The predicted octanol–water partition coefficient (Wildman–Crippen LogP) is 1.37. The molecule has 1 saturated heterocycles. The maximum atomic E-state index is 12.7. The summed E-state index contributed by atoms with van der Waals surface area (Å²) in [5.41, 5.74) is 4.59. The number of benzene rings is 1. The number of aryl methyl sites for hydroxylation is 1. The SMILES string of the molecule is Cc1cccc(Nc2ccncc2S(=O)(=O)NC(=O)NN2CCOCC2)c1. The second kappa shape index (κ2) is 8.33. The fourth-order valence-electron chi connectivity index (χ4n) is 2.59. The third-order valence-corrected chi connectivity index (χ3v) is 5.23. The monoisotopic (exact) mass is 391 g/mol. The number of rotatable bonds is 5. The minimum Gasteiger partial charge on any atom is -0.379 e. The lowest BCUT2D eigenvalue weighted by molar-refractivity contribution is 0.0200. The Hall–Kier alpha value is -2.69. The molecule has 1 aliphatic rings. The molecule has 0 atom stereocenters. The molecule has 9 nitrogen and oxygen atoms in total. The molecule has 2 amide bonds. The lowest BCUT2D eigenvalue weighted by Crippen LogP contribution is -2.52. The van der Waals surface area contributed by atoms with Crippen molar-refractivity contribution in [3.8, 4) is 0 Å². The number of nitrogens with zero attached hydrogens (tertiary/aromatic N) is 2. The number of carbonyl (C=O) groups is 1. The second-order valence-corrected chi connectivity index (χ2v) is 7.66. The lowest BCUT2D eigenvalue weighted by Gasteiger charge is -2.26. The smallest absolute Gasteiger partial charge is 0.343 e. The van der Waals surface area contributed by atoms with E-state index >= 15 is 0 Å². The van der Waals surface area contributed by atoms with E-state index in [9.17, 15) is 13.2 Å². The highest BCUT2D eigenvalue weighted by molar-refractivity contribution is 7.90. The fourth-order valence-corrected chi connectivity index (χ4v) is 3.60. The van der Waals surface area contributed by atoms with Crippen LogP contribution in [-0.4, -0.2) is 50.7 Å². The van der Waals surface area contributed by atoms with E-state index < -0.39 is 16.1 Å². The van der Waals surface area contributed by atoms with Crippen LogP contribution in [0.25, 0.3) is 0 Å². The Bertz CT molecular complexity index is 913. The standard InChI is InChI=1S/C17H21N5O4S/c1-13-3-2-4-14(11-13)19-15-5-6-18-12-16(15)27(24,25)21-17(23)20-22-7-9-26-10-8-22/h2-6,11-12H,7-10H2,1H3,(H,18,19)(H2,20,21,23). The van der Waals surface area contributed by atoms with E-state index in [-0.39, 0.29) is 4.90 Å². The van der Waals surface area contributed by atoms with Gasteiger partial charge in [-0.05, 0) is 30.7 Å². The highest BCUT2D eigenvalue weighted by atomic mass is 32.2. The Labute approximate surface area is 157 Å². The van der Waals surface area contributed by atoms with Gasteiger partial charge in [0.05, 0.1) is 18.9 Å². The van der Waals surface area contributed by atoms with Crippen LogP contribution in [0.3, 0.4) is 0 Å². The first kappa shape index (κ1) is 19.1. The number of urea groups is 1. The summed E-state index contributed by atoms with van der Waals surface area (Å²) in [4.78, 5) is 15.8. The van der Waals surface area contributed by atoms with E-state index in [1.807, 2.05) is 35.9 Å². The number of anilines is 2. The van der Waals surface area contributed by atoms with Crippen molar-refractivity contribution in [1.29, 1.82) is 0 Å². The number of aromatic nitrogens is 1. The van der Waals surface area contributed by atoms with E-state index in [1.165, 1.54) is 18.5 Å². The number of sulfonamides is 1. The molecular weight excluding hydrogens is 370 g/mol. The van der Waals surface area contributed by atoms with Gasteiger partial charge in [-0.1, -0.05) is 12.1 Å². The van der Waals surface area contributed by atoms with Crippen LogP contribution in [0.5, 0.6) is 0 Å². The minimum atomic E-state index is -4.12. The number of pyridine rings is 1. The normalized spacial score (nSPS) is 15.1. The van der Waals surface area contributed by atoms with E-state index in [2.05, 4.69) is 15.7 Å². The van der Waals surface area contributed by atoms with Crippen LogP contribution < -0.4 is 15.5 Å². The number of morpholine rings is 1. The molecule has 144 valence electrons. The third kappa shape index (κ3) is 5.16. The van der Waals surface area contributed by atoms with Gasteiger partial charge in [-0.3, -0.25) is 10.4 Å². The molecule has 0 radical (unpaired) electrons. The van der Waals surface area contributed by atoms with Crippen LogP contribution >= 0.6 is 0 Å². The summed E-state index contributed by atoms with van der Waals surface area (Å²) in [6.45, 7) is 3.86. The third-order valence-electron chi connectivity index (χ3n) is 3.87. The van der Waals surface area contributed by atoms with Gasteiger partial charge in [0.2, 0.25) is 0 Å². The minimum absolute atomic E-state index is 0.122. The van der Waals surface area contributed by atoms with Crippen molar-refractivity contribution in [1.82, 2.24) is 20.1 Å². The molecule has 0 aliphatic carbocycles. The van der Waals surface area contributed by atoms with Gasteiger partial charge in [-0.2, -0.15) is 0 Å². The summed E-state index contributed by atoms with van der Waals surface area (Å²) >= 11 is 0. The van der Waals surface area contributed by atoms with Gasteiger partial charge < -0.3 is 10.1 Å². The van der Waals surface area contributed by atoms with Gasteiger partial charge in [0.1, 0.15) is 4.90 Å². The first-order valence-corrected chi connectivity index (χ1v) is 9.86. The molecule has 2 aromatic rings. The van der Waals surface area contributed by atoms with Crippen molar-refractivity contribution >= 4 is 27.4 Å². The molecule has 0 bridgehead atoms. The summed E-state index contributed by atoms with van der Waals surface area (Å²) in [5, 5.41) is 4.66. The number of hydrogen-bond donors (Lipinski definition) is 3. The van der Waals surface area contributed by atoms with Crippen molar-refractivity contribution in [2.75, 3.05) is 31.6 Å². The highest BCUT2D eigenvalue weighted by Gasteiger charge is 2.23. The Balaban J connectivity index is 1.75. The van der Waals surface area contributed by atoms with Crippen molar-refractivity contribution < 1.29 is 17.9 Å². The number of amides is 2. The van der Waals surface area contributed by atoms with Gasteiger partial charge in [-0.25, -0.2) is 22.9 Å².